The fraction of sp³-hybridized carbons (Fsp3) is 0.143. The predicted octanol–water partition coefficient (Wildman–Crippen LogP) is 4.58. The van der Waals surface area contributed by atoms with Crippen LogP contribution in [0, 0.1) is 12.7 Å². The van der Waals surface area contributed by atoms with Crippen molar-refractivity contribution in [2.75, 3.05) is 17.7 Å². The van der Waals surface area contributed by atoms with E-state index in [-0.39, 0.29) is 0 Å². The molecule has 0 bridgehead atoms. The molecule has 2 heterocycles. The molecule has 0 fully saturated rings. The Morgan fingerprint density at radius 2 is 2.05 bits per heavy atom. The van der Waals surface area contributed by atoms with E-state index in [9.17, 15) is 4.39 Å². The molecule has 2 N–H and O–H groups in total. The molecule has 21 heavy (non-hydrogen) atoms. The van der Waals surface area contributed by atoms with Gasteiger partial charge in [0.05, 0.1) is 11.1 Å². The highest BCUT2D eigenvalue weighted by molar-refractivity contribution is 7.18. The fourth-order valence-corrected chi connectivity index (χ4v) is 3.01. The van der Waals surface area contributed by atoms with Gasteiger partial charge in [0.2, 0.25) is 5.95 Å². The van der Waals surface area contributed by atoms with Crippen LogP contribution in [0.4, 0.5) is 21.8 Å². The van der Waals surface area contributed by atoms with Gasteiger partial charge in [-0.3, -0.25) is 0 Å². The monoisotopic (exact) mass is 322 g/mol. The number of halogens is 2. The summed E-state index contributed by atoms with van der Waals surface area (Å²) in [6.07, 6.45) is 0. The van der Waals surface area contributed by atoms with E-state index in [1.807, 2.05) is 13.0 Å². The summed E-state index contributed by atoms with van der Waals surface area (Å²) in [5, 5.41) is 7.14. The number of hydrogen-bond acceptors (Lipinski definition) is 5. The summed E-state index contributed by atoms with van der Waals surface area (Å²) in [6, 6.07) is 6.46. The molecule has 0 amide bonds. The number of rotatable bonds is 3. The van der Waals surface area contributed by atoms with Crippen LogP contribution in [-0.4, -0.2) is 17.0 Å². The summed E-state index contributed by atoms with van der Waals surface area (Å²) < 4.78 is 13.9. The molecule has 0 unspecified atom stereocenters. The van der Waals surface area contributed by atoms with Crippen molar-refractivity contribution in [1.29, 1.82) is 0 Å². The van der Waals surface area contributed by atoms with Gasteiger partial charge in [0.25, 0.3) is 0 Å². The number of aromatic nitrogens is 2. The zero-order chi connectivity index (χ0) is 15.0. The van der Waals surface area contributed by atoms with E-state index in [4.69, 9.17) is 11.6 Å². The number of benzene rings is 1. The van der Waals surface area contributed by atoms with Gasteiger partial charge in [0, 0.05) is 16.9 Å². The lowest BCUT2D eigenvalue weighted by Gasteiger charge is -2.09. The van der Waals surface area contributed by atoms with Crippen LogP contribution in [0.3, 0.4) is 0 Å². The molecule has 2 aromatic heterocycles. The molecule has 108 valence electrons. The Morgan fingerprint density at radius 1 is 1.24 bits per heavy atom. The molecule has 4 nitrogen and oxygen atoms in total. The van der Waals surface area contributed by atoms with Gasteiger partial charge in [0.1, 0.15) is 16.5 Å². The Morgan fingerprint density at radius 3 is 2.76 bits per heavy atom. The van der Waals surface area contributed by atoms with E-state index >= 15 is 0 Å². The minimum Gasteiger partial charge on any atom is -0.357 e. The Bertz CT molecular complexity index is 818. The second-order valence-corrected chi connectivity index (χ2v) is 6.14. The summed E-state index contributed by atoms with van der Waals surface area (Å²) in [4.78, 5) is 10.7. The minimum absolute atomic E-state index is 0.324. The van der Waals surface area contributed by atoms with Crippen molar-refractivity contribution in [2.45, 2.75) is 6.92 Å². The van der Waals surface area contributed by atoms with Crippen molar-refractivity contribution in [3.8, 4) is 0 Å². The lowest BCUT2D eigenvalue weighted by molar-refractivity contribution is 0.632. The maximum Gasteiger partial charge on any atom is 0.225 e. The van der Waals surface area contributed by atoms with E-state index in [0.29, 0.717) is 22.5 Å². The van der Waals surface area contributed by atoms with Crippen LogP contribution in [-0.2, 0) is 0 Å². The first-order valence-corrected chi connectivity index (χ1v) is 7.44. The molecule has 0 aliphatic carbocycles. The van der Waals surface area contributed by atoms with Crippen molar-refractivity contribution in [3.63, 3.8) is 0 Å². The Hall–Kier alpha value is -1.92. The lowest BCUT2D eigenvalue weighted by Crippen LogP contribution is -2.01. The summed E-state index contributed by atoms with van der Waals surface area (Å²) in [5.74, 6) is 0.628. The average Bonchev–Trinajstić information content (AvgIpc) is 2.82. The first-order chi connectivity index (χ1) is 10.1. The predicted molar refractivity (Wildman–Crippen MR) is 86.4 cm³/mol. The Balaban J connectivity index is 2.10. The second kappa shape index (κ2) is 5.46. The molecule has 0 radical (unpaired) electrons. The zero-order valence-corrected chi connectivity index (χ0v) is 12.9. The Kier molecular flexibility index (Phi) is 3.65. The number of anilines is 3. The van der Waals surface area contributed by atoms with Gasteiger partial charge in [-0.1, -0.05) is 11.6 Å². The van der Waals surface area contributed by atoms with Crippen molar-refractivity contribution < 1.29 is 4.39 Å². The van der Waals surface area contributed by atoms with Crippen molar-refractivity contribution in [3.05, 3.63) is 40.0 Å². The number of thiophene rings is 1. The number of nitrogens with one attached hydrogen (secondary N) is 2. The van der Waals surface area contributed by atoms with Gasteiger partial charge < -0.3 is 10.6 Å². The van der Waals surface area contributed by atoms with Crippen molar-refractivity contribution in [1.82, 2.24) is 9.97 Å². The quantitative estimate of drug-likeness (QED) is 0.741. The molecule has 3 aromatic rings. The normalized spacial score (nSPS) is 10.9. The molecular formula is C14H12ClFN4S. The standard InChI is InChI=1S/C14H12ClFN4S/c1-7-5-9-12(19-14(17-2)20-13(9)21-7)18-11-4-3-8(15)6-10(11)16/h3-6H,1-2H3,(H2,17,18,19,20). The molecular weight excluding hydrogens is 311 g/mol. The van der Waals surface area contributed by atoms with Crippen LogP contribution < -0.4 is 10.6 Å². The molecule has 0 saturated heterocycles. The van der Waals surface area contributed by atoms with Gasteiger partial charge in [0.15, 0.2) is 0 Å². The van der Waals surface area contributed by atoms with E-state index < -0.39 is 5.82 Å². The zero-order valence-electron chi connectivity index (χ0n) is 11.4. The summed E-state index contributed by atoms with van der Waals surface area (Å²) in [5.41, 5.74) is 0.324. The van der Waals surface area contributed by atoms with E-state index in [0.717, 1.165) is 15.1 Å². The molecule has 0 atom stereocenters. The van der Waals surface area contributed by atoms with E-state index in [2.05, 4.69) is 20.6 Å². The molecule has 0 aliphatic rings. The first kappa shape index (κ1) is 14.0. The summed E-state index contributed by atoms with van der Waals surface area (Å²) in [7, 11) is 1.74. The molecule has 0 saturated carbocycles. The third-order valence-electron chi connectivity index (χ3n) is 2.92. The lowest BCUT2D eigenvalue weighted by atomic mass is 10.3. The third-order valence-corrected chi connectivity index (χ3v) is 4.10. The smallest absolute Gasteiger partial charge is 0.225 e. The fourth-order valence-electron chi connectivity index (χ4n) is 1.97. The highest BCUT2D eigenvalue weighted by Crippen LogP contribution is 2.32. The highest BCUT2D eigenvalue weighted by atomic mass is 35.5. The summed E-state index contributed by atoms with van der Waals surface area (Å²) >= 11 is 7.33. The maximum absolute atomic E-state index is 13.9. The van der Waals surface area contributed by atoms with Crippen LogP contribution in [0.5, 0.6) is 0 Å². The first-order valence-electron chi connectivity index (χ1n) is 6.25. The van der Waals surface area contributed by atoms with Crippen molar-refractivity contribution >= 4 is 50.6 Å². The largest absolute Gasteiger partial charge is 0.357 e. The van der Waals surface area contributed by atoms with Crippen LogP contribution in [0.1, 0.15) is 4.88 Å². The topological polar surface area (TPSA) is 49.8 Å². The maximum atomic E-state index is 13.9. The van der Waals surface area contributed by atoms with Gasteiger partial charge in [-0.05, 0) is 31.2 Å². The molecule has 3 rings (SSSR count). The Labute approximate surface area is 130 Å². The number of fused-ring (bicyclic) bond motifs is 1. The number of aryl methyl sites for hydroxylation is 1. The van der Waals surface area contributed by atoms with Crippen LogP contribution >= 0.6 is 22.9 Å². The summed E-state index contributed by atoms with van der Waals surface area (Å²) in [6.45, 7) is 2.00. The van der Waals surface area contributed by atoms with Crippen LogP contribution in [0.25, 0.3) is 10.2 Å². The van der Waals surface area contributed by atoms with Crippen LogP contribution in [0.2, 0.25) is 5.02 Å². The molecule has 0 aliphatic heterocycles. The molecule has 1 aromatic carbocycles. The van der Waals surface area contributed by atoms with Gasteiger partial charge in [-0.2, -0.15) is 4.98 Å². The van der Waals surface area contributed by atoms with Crippen molar-refractivity contribution in [2.24, 2.45) is 0 Å². The van der Waals surface area contributed by atoms with Crippen LogP contribution in [0.15, 0.2) is 24.3 Å². The minimum atomic E-state index is -0.424. The van der Waals surface area contributed by atoms with E-state index in [1.54, 1.807) is 30.5 Å². The highest BCUT2D eigenvalue weighted by Gasteiger charge is 2.12. The second-order valence-electron chi connectivity index (χ2n) is 4.47. The molecule has 0 spiro atoms. The SMILES string of the molecule is CNc1nc(Nc2ccc(Cl)cc2F)c2cc(C)sc2n1. The van der Waals surface area contributed by atoms with E-state index in [1.165, 1.54) is 6.07 Å². The van der Waals surface area contributed by atoms with Gasteiger partial charge in [-0.15, -0.1) is 11.3 Å². The average molecular weight is 323 g/mol. The number of hydrogen-bond donors (Lipinski definition) is 2. The third kappa shape index (κ3) is 2.77. The molecule has 7 heteroatoms. The van der Waals surface area contributed by atoms with Gasteiger partial charge >= 0.3 is 0 Å². The number of nitrogens with zero attached hydrogens (tertiary/aromatic N) is 2. The van der Waals surface area contributed by atoms with Gasteiger partial charge in [-0.25, -0.2) is 9.37 Å².